The lowest BCUT2D eigenvalue weighted by atomic mass is 9.87. The van der Waals surface area contributed by atoms with Gasteiger partial charge in [-0.2, -0.15) is 0 Å². The molecule has 3 nitrogen and oxygen atoms in total. The van der Waals surface area contributed by atoms with Crippen LogP contribution in [0.5, 0.6) is 11.5 Å². The van der Waals surface area contributed by atoms with E-state index >= 15 is 0 Å². The highest BCUT2D eigenvalue weighted by Gasteiger charge is 2.16. The quantitative estimate of drug-likeness (QED) is 0.835. The Bertz CT molecular complexity index is 431. The van der Waals surface area contributed by atoms with Gasteiger partial charge in [-0.3, -0.25) is 0 Å². The molecule has 2 rings (SSSR count). The summed E-state index contributed by atoms with van der Waals surface area (Å²) in [5, 5.41) is 9.80. The third-order valence-corrected chi connectivity index (χ3v) is 3.84. The van der Waals surface area contributed by atoms with Crippen LogP contribution in [0.4, 0.5) is 0 Å². The van der Waals surface area contributed by atoms with Crippen LogP contribution in [0.25, 0.3) is 0 Å². The number of nitrogens with zero attached hydrogens (tertiary/aromatic N) is 1. The number of aromatic hydroxyl groups is 1. The van der Waals surface area contributed by atoms with E-state index < -0.39 is 0 Å². The van der Waals surface area contributed by atoms with Crippen LogP contribution in [-0.4, -0.2) is 36.2 Å². The molecule has 1 fully saturated rings. The van der Waals surface area contributed by atoms with Gasteiger partial charge in [0.1, 0.15) is 11.5 Å². The van der Waals surface area contributed by atoms with Crippen molar-refractivity contribution in [1.29, 1.82) is 0 Å². The summed E-state index contributed by atoms with van der Waals surface area (Å²) in [6.45, 7) is 10.7. The molecular formula is C17H27NO2. The number of phenols is 1. The lowest BCUT2D eigenvalue weighted by Crippen LogP contribution is -2.22. The van der Waals surface area contributed by atoms with Gasteiger partial charge in [-0.15, -0.1) is 0 Å². The van der Waals surface area contributed by atoms with Gasteiger partial charge < -0.3 is 14.7 Å². The third-order valence-electron chi connectivity index (χ3n) is 3.84. The van der Waals surface area contributed by atoms with E-state index in [1.165, 1.54) is 25.9 Å². The number of ether oxygens (including phenoxy) is 1. The minimum Gasteiger partial charge on any atom is -0.508 e. The van der Waals surface area contributed by atoms with Gasteiger partial charge in [0.15, 0.2) is 0 Å². The highest BCUT2D eigenvalue weighted by atomic mass is 16.5. The van der Waals surface area contributed by atoms with Crippen LogP contribution in [0, 0.1) is 0 Å². The van der Waals surface area contributed by atoms with Crippen molar-refractivity contribution in [1.82, 2.24) is 4.90 Å². The zero-order chi connectivity index (χ0) is 14.6. The summed E-state index contributed by atoms with van der Waals surface area (Å²) in [4.78, 5) is 2.49. The maximum Gasteiger partial charge on any atom is 0.123 e. The highest BCUT2D eigenvalue weighted by Crippen LogP contribution is 2.30. The Kier molecular flexibility index (Phi) is 4.92. The maximum atomic E-state index is 9.80. The number of hydrogen-bond donors (Lipinski definition) is 1. The molecule has 112 valence electrons. The predicted octanol–water partition coefficient (Wildman–Crippen LogP) is 3.55. The minimum absolute atomic E-state index is 0.0202. The van der Waals surface area contributed by atoms with Crippen molar-refractivity contribution >= 4 is 0 Å². The predicted molar refractivity (Wildman–Crippen MR) is 82.6 cm³/mol. The summed E-state index contributed by atoms with van der Waals surface area (Å²) < 4.78 is 5.80. The first-order valence-electron chi connectivity index (χ1n) is 7.65. The lowest BCUT2D eigenvalue weighted by molar-refractivity contribution is 0.262. The Morgan fingerprint density at radius 3 is 2.50 bits per heavy atom. The van der Waals surface area contributed by atoms with E-state index in [0.29, 0.717) is 6.61 Å². The molecule has 3 heteroatoms. The molecule has 0 radical (unpaired) electrons. The smallest absolute Gasteiger partial charge is 0.123 e. The third kappa shape index (κ3) is 4.41. The van der Waals surface area contributed by atoms with E-state index in [1.54, 1.807) is 6.07 Å². The van der Waals surface area contributed by atoms with Crippen LogP contribution in [0.15, 0.2) is 18.2 Å². The van der Waals surface area contributed by atoms with Gasteiger partial charge in [0.2, 0.25) is 0 Å². The SMILES string of the molecule is CC(C)(C)c1cc(O)cc(OCCCN2CCCC2)c1. The van der Waals surface area contributed by atoms with E-state index in [4.69, 9.17) is 4.74 Å². The standard InChI is InChI=1S/C17H27NO2/c1-17(2,3)14-11-15(19)13-16(12-14)20-10-6-9-18-7-4-5-8-18/h11-13,19H,4-10H2,1-3H3. The van der Waals surface area contributed by atoms with E-state index in [1.807, 2.05) is 12.1 Å². The first kappa shape index (κ1) is 15.2. The molecule has 1 aromatic rings. The summed E-state index contributed by atoms with van der Waals surface area (Å²) >= 11 is 0. The van der Waals surface area contributed by atoms with Gasteiger partial charge in [0, 0.05) is 12.6 Å². The molecule has 0 spiro atoms. The largest absolute Gasteiger partial charge is 0.508 e. The molecular weight excluding hydrogens is 250 g/mol. The molecule has 1 aliphatic rings. The minimum atomic E-state index is 0.0202. The fraction of sp³-hybridized carbons (Fsp3) is 0.647. The van der Waals surface area contributed by atoms with Crippen LogP contribution >= 0.6 is 0 Å². The van der Waals surface area contributed by atoms with Crippen LogP contribution < -0.4 is 4.74 Å². The second-order valence-corrected chi connectivity index (χ2v) is 6.72. The summed E-state index contributed by atoms with van der Waals surface area (Å²) in [5.41, 5.74) is 1.12. The molecule has 0 unspecified atom stereocenters. The molecule has 0 atom stereocenters. The van der Waals surface area contributed by atoms with E-state index in [-0.39, 0.29) is 11.2 Å². The second-order valence-electron chi connectivity index (χ2n) is 6.72. The summed E-state index contributed by atoms with van der Waals surface area (Å²) in [6.07, 6.45) is 3.71. The van der Waals surface area contributed by atoms with Gasteiger partial charge >= 0.3 is 0 Å². The Morgan fingerprint density at radius 2 is 1.85 bits per heavy atom. The fourth-order valence-corrected chi connectivity index (χ4v) is 2.58. The molecule has 20 heavy (non-hydrogen) atoms. The average molecular weight is 277 g/mol. The first-order valence-corrected chi connectivity index (χ1v) is 7.65. The van der Waals surface area contributed by atoms with Crippen molar-refractivity contribution in [2.75, 3.05) is 26.2 Å². The number of likely N-dealkylation sites (tertiary alicyclic amines) is 1. The van der Waals surface area contributed by atoms with Gasteiger partial charge in [-0.1, -0.05) is 20.8 Å². The average Bonchev–Trinajstić information content (AvgIpc) is 2.86. The maximum absolute atomic E-state index is 9.80. The Hall–Kier alpha value is -1.22. The highest BCUT2D eigenvalue weighted by molar-refractivity contribution is 5.40. The molecule has 1 aliphatic heterocycles. The normalized spacial score (nSPS) is 16.6. The second kappa shape index (κ2) is 6.49. The van der Waals surface area contributed by atoms with Crippen LogP contribution in [0.1, 0.15) is 45.6 Å². The van der Waals surface area contributed by atoms with Crippen molar-refractivity contribution in [2.24, 2.45) is 0 Å². The molecule has 1 heterocycles. The van der Waals surface area contributed by atoms with E-state index in [9.17, 15) is 5.11 Å². The Balaban J connectivity index is 1.84. The first-order chi connectivity index (χ1) is 9.45. The fourth-order valence-electron chi connectivity index (χ4n) is 2.58. The van der Waals surface area contributed by atoms with Crippen molar-refractivity contribution in [3.05, 3.63) is 23.8 Å². The number of rotatable bonds is 5. The van der Waals surface area contributed by atoms with E-state index in [0.717, 1.165) is 24.3 Å². The lowest BCUT2D eigenvalue weighted by Gasteiger charge is -2.20. The van der Waals surface area contributed by atoms with Crippen LogP contribution in [0.2, 0.25) is 0 Å². The van der Waals surface area contributed by atoms with Gasteiger partial charge in [0.05, 0.1) is 6.61 Å². The van der Waals surface area contributed by atoms with Gasteiger partial charge in [-0.25, -0.2) is 0 Å². The molecule has 0 aromatic heterocycles. The molecule has 1 N–H and O–H groups in total. The van der Waals surface area contributed by atoms with Gasteiger partial charge in [-0.05, 0) is 55.5 Å². The molecule has 0 amide bonds. The summed E-state index contributed by atoms with van der Waals surface area (Å²) in [7, 11) is 0. The summed E-state index contributed by atoms with van der Waals surface area (Å²) in [6, 6.07) is 5.55. The van der Waals surface area contributed by atoms with Crippen molar-refractivity contribution in [3.63, 3.8) is 0 Å². The van der Waals surface area contributed by atoms with Gasteiger partial charge in [0.25, 0.3) is 0 Å². The molecule has 1 aromatic carbocycles. The topological polar surface area (TPSA) is 32.7 Å². The Labute approximate surface area is 122 Å². The Morgan fingerprint density at radius 1 is 1.15 bits per heavy atom. The number of phenolic OH excluding ortho intramolecular Hbond substituents is 1. The zero-order valence-corrected chi connectivity index (χ0v) is 13.0. The monoisotopic (exact) mass is 277 g/mol. The van der Waals surface area contributed by atoms with Crippen LogP contribution in [0.3, 0.4) is 0 Å². The molecule has 0 aliphatic carbocycles. The molecule has 0 bridgehead atoms. The number of hydrogen-bond acceptors (Lipinski definition) is 3. The van der Waals surface area contributed by atoms with Crippen molar-refractivity contribution in [2.45, 2.75) is 45.4 Å². The number of benzene rings is 1. The van der Waals surface area contributed by atoms with E-state index in [2.05, 4.69) is 25.7 Å². The van der Waals surface area contributed by atoms with Crippen molar-refractivity contribution in [3.8, 4) is 11.5 Å². The molecule has 0 saturated carbocycles. The summed E-state index contributed by atoms with van der Waals surface area (Å²) in [5.74, 6) is 1.06. The van der Waals surface area contributed by atoms with Crippen LogP contribution in [-0.2, 0) is 5.41 Å². The zero-order valence-electron chi connectivity index (χ0n) is 13.0. The molecule has 1 saturated heterocycles. The van der Waals surface area contributed by atoms with Crippen molar-refractivity contribution < 1.29 is 9.84 Å².